The fourth-order valence-electron chi connectivity index (χ4n) is 2.31. The monoisotopic (exact) mass is 379 g/mol. The quantitative estimate of drug-likeness (QED) is 0.767. The summed E-state index contributed by atoms with van der Waals surface area (Å²) in [7, 11) is 0. The Labute approximate surface area is 131 Å². The molecule has 1 amide bonds. The average Bonchev–Trinajstić information content (AvgIpc) is 2.47. The molecule has 0 saturated carbocycles. The van der Waals surface area contributed by atoms with Crippen LogP contribution in [-0.4, -0.2) is 19.1 Å². The van der Waals surface area contributed by atoms with Crippen molar-refractivity contribution in [3.05, 3.63) is 57.7 Å². The summed E-state index contributed by atoms with van der Waals surface area (Å²) >= 11 is 2.25. The molecule has 0 atom stereocenters. The molecule has 2 aromatic rings. The lowest BCUT2D eigenvalue weighted by molar-refractivity contribution is -0.121. The Bertz CT molecular complexity index is 628. The minimum Gasteiger partial charge on any atom is -0.482 e. The standard InChI is InChI=1S/C16H14INO2/c17-13-6-7-14-15(10-13)20-11-16(19)18(14)9-8-12-4-2-1-3-5-12/h1-7,10H,8-9,11H2. The normalized spacial score (nSPS) is 13.8. The fourth-order valence-corrected chi connectivity index (χ4v) is 2.77. The lowest BCUT2D eigenvalue weighted by Crippen LogP contribution is -2.40. The Morgan fingerprint density at radius 3 is 2.75 bits per heavy atom. The number of benzene rings is 2. The first-order valence-electron chi connectivity index (χ1n) is 6.51. The zero-order valence-electron chi connectivity index (χ0n) is 10.9. The van der Waals surface area contributed by atoms with E-state index in [0.29, 0.717) is 6.54 Å². The first kappa shape index (κ1) is 13.4. The van der Waals surface area contributed by atoms with E-state index in [1.165, 1.54) is 5.56 Å². The molecule has 3 rings (SSSR count). The lowest BCUT2D eigenvalue weighted by atomic mass is 10.1. The third-order valence-corrected chi connectivity index (χ3v) is 4.00. The van der Waals surface area contributed by atoms with E-state index in [1.54, 1.807) is 0 Å². The van der Waals surface area contributed by atoms with E-state index in [9.17, 15) is 4.79 Å². The van der Waals surface area contributed by atoms with Gasteiger partial charge in [-0.25, -0.2) is 0 Å². The van der Waals surface area contributed by atoms with Crippen molar-refractivity contribution in [3.63, 3.8) is 0 Å². The largest absolute Gasteiger partial charge is 0.482 e. The number of hydrogen-bond acceptors (Lipinski definition) is 2. The highest BCUT2D eigenvalue weighted by atomic mass is 127. The van der Waals surface area contributed by atoms with E-state index < -0.39 is 0 Å². The van der Waals surface area contributed by atoms with E-state index in [2.05, 4.69) is 34.7 Å². The highest BCUT2D eigenvalue weighted by Crippen LogP contribution is 2.33. The van der Waals surface area contributed by atoms with Gasteiger partial charge >= 0.3 is 0 Å². The van der Waals surface area contributed by atoms with Gasteiger partial charge in [-0.1, -0.05) is 30.3 Å². The third-order valence-electron chi connectivity index (χ3n) is 3.33. The molecule has 0 N–H and O–H groups in total. The van der Waals surface area contributed by atoms with Crippen LogP contribution in [0.25, 0.3) is 0 Å². The van der Waals surface area contributed by atoms with Crippen LogP contribution >= 0.6 is 22.6 Å². The van der Waals surface area contributed by atoms with E-state index in [4.69, 9.17) is 4.74 Å². The van der Waals surface area contributed by atoms with Crippen LogP contribution in [0.15, 0.2) is 48.5 Å². The summed E-state index contributed by atoms with van der Waals surface area (Å²) in [6, 6.07) is 16.1. The molecule has 0 saturated heterocycles. The molecule has 0 bridgehead atoms. The molecule has 0 unspecified atom stereocenters. The summed E-state index contributed by atoms with van der Waals surface area (Å²) in [6.07, 6.45) is 0.845. The van der Waals surface area contributed by atoms with E-state index in [1.807, 2.05) is 41.3 Å². The number of anilines is 1. The van der Waals surface area contributed by atoms with Crippen LogP contribution in [0.5, 0.6) is 5.75 Å². The van der Waals surface area contributed by atoms with Crippen LogP contribution in [-0.2, 0) is 11.2 Å². The molecule has 20 heavy (non-hydrogen) atoms. The Hall–Kier alpha value is -1.56. The number of carbonyl (C=O) groups is 1. The number of carbonyl (C=O) groups excluding carboxylic acids is 1. The third kappa shape index (κ3) is 2.80. The van der Waals surface area contributed by atoms with Gasteiger partial charge in [0.2, 0.25) is 0 Å². The molecule has 1 aliphatic rings. The second kappa shape index (κ2) is 5.83. The number of ether oxygens (including phenoxy) is 1. The second-order valence-electron chi connectivity index (χ2n) is 4.68. The van der Waals surface area contributed by atoms with E-state index in [-0.39, 0.29) is 12.5 Å². The molecule has 0 fully saturated rings. The van der Waals surface area contributed by atoms with Crippen LogP contribution in [0.1, 0.15) is 5.56 Å². The van der Waals surface area contributed by atoms with Crippen molar-refractivity contribution in [3.8, 4) is 5.75 Å². The molecule has 3 nitrogen and oxygen atoms in total. The van der Waals surface area contributed by atoms with Crippen molar-refractivity contribution < 1.29 is 9.53 Å². The smallest absolute Gasteiger partial charge is 0.265 e. The summed E-state index contributed by atoms with van der Waals surface area (Å²) in [5, 5.41) is 0. The highest BCUT2D eigenvalue weighted by Gasteiger charge is 2.25. The second-order valence-corrected chi connectivity index (χ2v) is 5.93. The topological polar surface area (TPSA) is 29.5 Å². The Morgan fingerprint density at radius 1 is 1.15 bits per heavy atom. The van der Waals surface area contributed by atoms with E-state index in [0.717, 1.165) is 21.4 Å². The number of rotatable bonds is 3. The van der Waals surface area contributed by atoms with Gasteiger partial charge in [0.05, 0.1) is 5.69 Å². The molecule has 0 aliphatic carbocycles. The van der Waals surface area contributed by atoms with Gasteiger partial charge < -0.3 is 9.64 Å². The van der Waals surface area contributed by atoms with Gasteiger partial charge in [-0.05, 0) is 52.8 Å². The summed E-state index contributed by atoms with van der Waals surface area (Å²) in [5.74, 6) is 0.819. The summed E-state index contributed by atoms with van der Waals surface area (Å²) in [5.41, 5.74) is 2.11. The molecule has 1 heterocycles. The van der Waals surface area contributed by atoms with Crippen molar-refractivity contribution >= 4 is 34.2 Å². The number of hydrogen-bond donors (Lipinski definition) is 0. The van der Waals surface area contributed by atoms with Crippen molar-refractivity contribution in [1.82, 2.24) is 0 Å². The van der Waals surface area contributed by atoms with Crippen molar-refractivity contribution in [2.45, 2.75) is 6.42 Å². The van der Waals surface area contributed by atoms with Gasteiger partial charge in [0, 0.05) is 10.1 Å². The van der Waals surface area contributed by atoms with Crippen LogP contribution in [0, 0.1) is 3.57 Å². The average molecular weight is 379 g/mol. The van der Waals surface area contributed by atoms with Gasteiger partial charge in [-0.15, -0.1) is 0 Å². The predicted molar refractivity (Wildman–Crippen MR) is 87.2 cm³/mol. The first-order valence-corrected chi connectivity index (χ1v) is 7.58. The summed E-state index contributed by atoms with van der Waals surface area (Å²) < 4.78 is 6.61. The molecular weight excluding hydrogens is 365 g/mol. The van der Waals surface area contributed by atoms with Crippen molar-refractivity contribution in [2.75, 3.05) is 18.1 Å². The van der Waals surface area contributed by atoms with Gasteiger partial charge in [0.25, 0.3) is 5.91 Å². The number of halogens is 1. The summed E-state index contributed by atoms with van der Waals surface area (Å²) in [6.45, 7) is 0.807. The van der Waals surface area contributed by atoms with E-state index >= 15 is 0 Å². The van der Waals surface area contributed by atoms with Crippen LogP contribution in [0.3, 0.4) is 0 Å². The van der Waals surface area contributed by atoms with Crippen molar-refractivity contribution in [1.29, 1.82) is 0 Å². The molecule has 2 aromatic carbocycles. The summed E-state index contributed by atoms with van der Waals surface area (Å²) in [4.78, 5) is 13.9. The molecule has 102 valence electrons. The number of fused-ring (bicyclic) bond motifs is 1. The molecular formula is C16H14INO2. The van der Waals surface area contributed by atoms with Crippen LogP contribution in [0.2, 0.25) is 0 Å². The zero-order valence-corrected chi connectivity index (χ0v) is 13.0. The Balaban J connectivity index is 1.81. The maximum atomic E-state index is 12.1. The minimum atomic E-state index is 0.0228. The lowest BCUT2D eigenvalue weighted by Gasteiger charge is -2.29. The zero-order chi connectivity index (χ0) is 13.9. The molecule has 0 spiro atoms. The number of nitrogens with zero attached hydrogens (tertiary/aromatic N) is 1. The molecule has 0 aromatic heterocycles. The van der Waals surface area contributed by atoms with Gasteiger partial charge in [-0.2, -0.15) is 0 Å². The van der Waals surface area contributed by atoms with Crippen LogP contribution in [0.4, 0.5) is 5.69 Å². The van der Waals surface area contributed by atoms with Gasteiger partial charge in [-0.3, -0.25) is 4.79 Å². The maximum absolute atomic E-state index is 12.1. The first-order chi connectivity index (χ1) is 9.74. The Kier molecular flexibility index (Phi) is 3.91. The molecule has 0 radical (unpaired) electrons. The molecule has 1 aliphatic heterocycles. The molecule has 4 heteroatoms. The number of amides is 1. The predicted octanol–water partition coefficient (Wildman–Crippen LogP) is 3.26. The van der Waals surface area contributed by atoms with Gasteiger partial charge in [0.15, 0.2) is 6.61 Å². The van der Waals surface area contributed by atoms with Crippen molar-refractivity contribution in [2.24, 2.45) is 0 Å². The van der Waals surface area contributed by atoms with Crippen LogP contribution < -0.4 is 9.64 Å². The Morgan fingerprint density at radius 2 is 1.95 bits per heavy atom. The highest BCUT2D eigenvalue weighted by molar-refractivity contribution is 14.1. The fraction of sp³-hybridized carbons (Fsp3) is 0.188. The maximum Gasteiger partial charge on any atom is 0.265 e. The SMILES string of the molecule is O=C1COc2cc(I)ccc2N1CCc1ccccc1. The van der Waals surface area contributed by atoms with Gasteiger partial charge in [0.1, 0.15) is 5.75 Å². The minimum absolute atomic E-state index is 0.0228.